The molecule has 0 spiro atoms. The van der Waals surface area contributed by atoms with Crippen molar-refractivity contribution in [2.75, 3.05) is 31.5 Å². The van der Waals surface area contributed by atoms with Crippen LogP contribution in [0.25, 0.3) is 0 Å². The molecule has 2 N–H and O–H groups in total. The SMILES string of the molecule is COc1ccc(NS(=O)(=O)c2cccc(C(=O)NC(C)CN3CCCC(C)C3)c2)cc1. The van der Waals surface area contributed by atoms with Crippen molar-refractivity contribution >= 4 is 21.6 Å². The van der Waals surface area contributed by atoms with Crippen molar-refractivity contribution in [2.24, 2.45) is 5.92 Å². The van der Waals surface area contributed by atoms with E-state index in [1.54, 1.807) is 43.5 Å². The summed E-state index contributed by atoms with van der Waals surface area (Å²) in [6.07, 6.45) is 2.44. The van der Waals surface area contributed by atoms with Gasteiger partial charge < -0.3 is 15.0 Å². The zero-order valence-corrected chi connectivity index (χ0v) is 19.1. The number of carbonyl (C=O) groups excluding carboxylic acids is 1. The lowest BCUT2D eigenvalue weighted by Gasteiger charge is -2.32. The van der Waals surface area contributed by atoms with Gasteiger partial charge in [-0.05, 0) is 74.7 Å². The molecule has 0 saturated carbocycles. The molecule has 0 radical (unpaired) electrons. The number of ether oxygens (including phenoxy) is 1. The van der Waals surface area contributed by atoms with Gasteiger partial charge in [0.05, 0.1) is 12.0 Å². The number of carbonyl (C=O) groups is 1. The van der Waals surface area contributed by atoms with Crippen molar-refractivity contribution in [3.8, 4) is 5.75 Å². The molecule has 7 nitrogen and oxygen atoms in total. The summed E-state index contributed by atoms with van der Waals surface area (Å²) in [5, 5.41) is 2.99. The van der Waals surface area contributed by atoms with E-state index in [1.807, 2.05) is 6.92 Å². The third kappa shape index (κ3) is 6.45. The molecule has 8 heteroatoms. The second-order valence-electron chi connectivity index (χ2n) is 8.24. The largest absolute Gasteiger partial charge is 0.497 e. The van der Waals surface area contributed by atoms with Crippen molar-refractivity contribution in [2.45, 2.75) is 37.6 Å². The molecule has 1 fully saturated rings. The normalized spacial score (nSPS) is 18.2. The number of hydrogen-bond donors (Lipinski definition) is 2. The standard InChI is InChI=1S/C23H31N3O4S/c1-17-6-5-13-26(15-17)16-18(2)24-23(27)19-7-4-8-22(14-19)31(28,29)25-20-9-11-21(30-3)12-10-20/h4,7-12,14,17-18,25H,5-6,13,15-16H2,1-3H3,(H,24,27). The molecule has 1 aliphatic heterocycles. The number of rotatable bonds is 8. The first-order valence-electron chi connectivity index (χ1n) is 10.6. The van der Waals surface area contributed by atoms with Crippen LogP contribution in [0.3, 0.4) is 0 Å². The Morgan fingerprint density at radius 1 is 1.23 bits per heavy atom. The van der Waals surface area contributed by atoms with Crippen LogP contribution in [0.1, 0.15) is 37.0 Å². The second-order valence-corrected chi connectivity index (χ2v) is 9.93. The van der Waals surface area contributed by atoms with Crippen LogP contribution in [0.4, 0.5) is 5.69 Å². The molecule has 31 heavy (non-hydrogen) atoms. The Bertz CT molecular complexity index is 992. The van der Waals surface area contributed by atoms with Crippen LogP contribution in [-0.4, -0.2) is 52.0 Å². The highest BCUT2D eigenvalue weighted by Gasteiger charge is 2.20. The molecule has 0 bridgehead atoms. The van der Waals surface area contributed by atoms with Gasteiger partial charge in [-0.1, -0.05) is 13.0 Å². The average molecular weight is 446 g/mol. The van der Waals surface area contributed by atoms with E-state index >= 15 is 0 Å². The van der Waals surface area contributed by atoms with Crippen molar-refractivity contribution < 1.29 is 17.9 Å². The number of amides is 1. The molecular weight excluding hydrogens is 414 g/mol. The smallest absolute Gasteiger partial charge is 0.261 e. The molecule has 1 heterocycles. The lowest BCUT2D eigenvalue weighted by Crippen LogP contribution is -2.45. The molecular formula is C23H31N3O4S. The van der Waals surface area contributed by atoms with Gasteiger partial charge in [-0.25, -0.2) is 8.42 Å². The maximum absolute atomic E-state index is 12.8. The molecule has 1 amide bonds. The van der Waals surface area contributed by atoms with Gasteiger partial charge in [-0.2, -0.15) is 0 Å². The predicted octanol–water partition coefficient (Wildman–Crippen LogP) is 3.35. The maximum Gasteiger partial charge on any atom is 0.261 e. The zero-order valence-electron chi connectivity index (χ0n) is 18.3. The van der Waals surface area contributed by atoms with Crippen molar-refractivity contribution in [1.82, 2.24) is 10.2 Å². The highest BCUT2D eigenvalue weighted by atomic mass is 32.2. The maximum atomic E-state index is 12.8. The molecule has 1 aliphatic rings. The topological polar surface area (TPSA) is 87.7 Å². The summed E-state index contributed by atoms with van der Waals surface area (Å²) in [6.45, 7) is 7.11. The highest BCUT2D eigenvalue weighted by molar-refractivity contribution is 7.92. The van der Waals surface area contributed by atoms with Crippen LogP contribution in [-0.2, 0) is 10.0 Å². The highest BCUT2D eigenvalue weighted by Crippen LogP contribution is 2.20. The Kier molecular flexibility index (Phi) is 7.56. The second kappa shape index (κ2) is 10.2. The summed E-state index contributed by atoms with van der Waals surface area (Å²) in [5.41, 5.74) is 0.733. The van der Waals surface area contributed by atoms with Crippen molar-refractivity contribution in [3.05, 3.63) is 54.1 Å². The van der Waals surface area contributed by atoms with E-state index in [4.69, 9.17) is 4.74 Å². The van der Waals surface area contributed by atoms with Gasteiger partial charge in [0.2, 0.25) is 0 Å². The Morgan fingerprint density at radius 3 is 2.65 bits per heavy atom. The van der Waals surface area contributed by atoms with Gasteiger partial charge in [0.1, 0.15) is 5.75 Å². The number of methoxy groups -OCH3 is 1. The number of nitrogens with zero attached hydrogens (tertiary/aromatic N) is 1. The van der Waals surface area contributed by atoms with Crippen molar-refractivity contribution in [1.29, 1.82) is 0 Å². The van der Waals surface area contributed by atoms with Crippen LogP contribution in [0.2, 0.25) is 0 Å². The van der Waals surface area contributed by atoms with E-state index in [1.165, 1.54) is 25.0 Å². The summed E-state index contributed by atoms with van der Waals surface area (Å²) in [7, 11) is -2.28. The first kappa shape index (κ1) is 23.1. The van der Waals surface area contributed by atoms with Gasteiger partial charge >= 0.3 is 0 Å². The number of hydrogen-bond acceptors (Lipinski definition) is 5. The molecule has 2 aromatic carbocycles. The van der Waals surface area contributed by atoms with Gasteiger partial charge in [-0.15, -0.1) is 0 Å². The Balaban J connectivity index is 1.64. The zero-order chi connectivity index (χ0) is 22.4. The monoisotopic (exact) mass is 445 g/mol. The number of piperidine rings is 1. The fraction of sp³-hybridized carbons (Fsp3) is 0.435. The van der Waals surface area contributed by atoms with E-state index < -0.39 is 10.0 Å². The van der Waals surface area contributed by atoms with Crippen LogP contribution < -0.4 is 14.8 Å². The molecule has 1 saturated heterocycles. The van der Waals surface area contributed by atoms with Crippen LogP contribution in [0, 0.1) is 5.92 Å². The molecule has 2 atom stereocenters. The van der Waals surface area contributed by atoms with E-state index in [0.29, 0.717) is 22.9 Å². The predicted molar refractivity (Wildman–Crippen MR) is 122 cm³/mol. The average Bonchev–Trinajstić information content (AvgIpc) is 2.74. The molecule has 0 aliphatic carbocycles. The van der Waals surface area contributed by atoms with E-state index in [9.17, 15) is 13.2 Å². The molecule has 2 unspecified atom stereocenters. The van der Waals surface area contributed by atoms with E-state index in [2.05, 4.69) is 21.9 Å². The number of nitrogens with one attached hydrogen (secondary N) is 2. The van der Waals surface area contributed by atoms with Crippen LogP contribution >= 0.6 is 0 Å². The first-order chi connectivity index (χ1) is 14.8. The van der Waals surface area contributed by atoms with Crippen LogP contribution in [0.15, 0.2) is 53.4 Å². The van der Waals surface area contributed by atoms with Gasteiger partial charge in [0.25, 0.3) is 15.9 Å². The quantitative estimate of drug-likeness (QED) is 0.651. The minimum atomic E-state index is -3.83. The Labute approximate surface area is 184 Å². The van der Waals surface area contributed by atoms with Crippen molar-refractivity contribution in [3.63, 3.8) is 0 Å². The number of likely N-dealkylation sites (tertiary alicyclic amines) is 1. The number of benzene rings is 2. The first-order valence-corrected chi connectivity index (χ1v) is 12.1. The minimum absolute atomic E-state index is 0.0320. The number of sulfonamides is 1. The van der Waals surface area contributed by atoms with E-state index in [0.717, 1.165) is 19.6 Å². The van der Waals surface area contributed by atoms with E-state index in [-0.39, 0.29) is 16.8 Å². The third-order valence-corrected chi connectivity index (χ3v) is 6.78. The summed E-state index contributed by atoms with van der Waals surface area (Å²) in [6, 6.07) is 12.6. The minimum Gasteiger partial charge on any atom is -0.497 e. The fourth-order valence-electron chi connectivity index (χ4n) is 3.87. The van der Waals surface area contributed by atoms with Gasteiger partial charge in [-0.3, -0.25) is 9.52 Å². The summed E-state index contributed by atoms with van der Waals surface area (Å²) in [5.74, 6) is 1.03. The Hall–Kier alpha value is -2.58. The molecule has 0 aromatic heterocycles. The number of anilines is 1. The molecule has 3 rings (SSSR count). The summed E-state index contributed by atoms with van der Waals surface area (Å²) < 4.78 is 33.1. The molecule has 2 aromatic rings. The lowest BCUT2D eigenvalue weighted by molar-refractivity contribution is 0.0919. The summed E-state index contributed by atoms with van der Waals surface area (Å²) in [4.78, 5) is 15.1. The summed E-state index contributed by atoms with van der Waals surface area (Å²) >= 11 is 0. The van der Waals surface area contributed by atoms with Crippen LogP contribution in [0.5, 0.6) is 5.75 Å². The lowest BCUT2D eigenvalue weighted by atomic mass is 10.00. The fourth-order valence-corrected chi connectivity index (χ4v) is 4.97. The third-order valence-electron chi connectivity index (χ3n) is 5.40. The Morgan fingerprint density at radius 2 is 1.97 bits per heavy atom. The van der Waals surface area contributed by atoms with Gasteiger partial charge in [0, 0.05) is 30.4 Å². The molecule has 168 valence electrons. The van der Waals surface area contributed by atoms with Gasteiger partial charge in [0.15, 0.2) is 0 Å².